The molecule has 0 aromatic heterocycles. The molecule has 0 saturated heterocycles. The summed E-state index contributed by atoms with van der Waals surface area (Å²) in [6.07, 6.45) is 2.13. The van der Waals surface area contributed by atoms with Crippen molar-refractivity contribution >= 4 is 23.9 Å². The third kappa shape index (κ3) is 7850. The van der Waals surface area contributed by atoms with Gasteiger partial charge in [0.05, 0.1) is 0 Å². The first-order valence-corrected chi connectivity index (χ1v) is 6.03. The molecule has 8 N–H and O–H groups in total. The topological polar surface area (TPSA) is 201 Å². The highest BCUT2D eigenvalue weighted by Gasteiger charge is 1.75. The van der Waals surface area contributed by atoms with Crippen molar-refractivity contribution in [1.82, 2.24) is 0 Å². The fourth-order valence-corrected chi connectivity index (χ4v) is 0.289. The number of carboxylic acids is 4. The zero-order valence-electron chi connectivity index (χ0n) is 13.4. The normalized spacial score (nSPS) is 7.00. The lowest BCUT2D eigenvalue weighted by atomic mass is 10.3. The lowest BCUT2D eigenvalue weighted by Crippen LogP contribution is -2.03. The second kappa shape index (κ2) is 31.3. The Morgan fingerprint density at radius 1 is 0.591 bits per heavy atom. The van der Waals surface area contributed by atoms with E-state index in [1.807, 2.05) is 0 Å². The Morgan fingerprint density at radius 2 is 0.682 bits per heavy atom. The van der Waals surface area contributed by atoms with Crippen molar-refractivity contribution in [3.8, 4) is 0 Å². The van der Waals surface area contributed by atoms with Gasteiger partial charge in [0.25, 0.3) is 23.9 Å². The van der Waals surface area contributed by atoms with Gasteiger partial charge in [0.15, 0.2) is 0 Å². The summed E-state index contributed by atoms with van der Waals surface area (Å²) in [5, 5.41) is 29.7. The van der Waals surface area contributed by atoms with Crippen LogP contribution in [0.5, 0.6) is 0 Å². The first-order valence-electron chi connectivity index (χ1n) is 6.03. The predicted molar refractivity (Wildman–Crippen MR) is 80.6 cm³/mol. The van der Waals surface area contributed by atoms with Crippen molar-refractivity contribution in [1.29, 1.82) is 0 Å². The smallest absolute Gasteiger partial charge is 0.300 e. The highest BCUT2D eigenvalue weighted by molar-refractivity contribution is 5.63. The van der Waals surface area contributed by atoms with Crippen LogP contribution in [0.4, 0.5) is 0 Å². The molecular formula is C12H28N2O8. The van der Waals surface area contributed by atoms with Crippen LogP contribution in [0.2, 0.25) is 0 Å². The SMILES string of the molecule is CC(=O)O.CC(=O)O.CC(=O)O.CC(=O)O.NCCCCN. The monoisotopic (exact) mass is 328 g/mol. The van der Waals surface area contributed by atoms with E-state index in [0.717, 1.165) is 53.6 Å². The van der Waals surface area contributed by atoms with E-state index >= 15 is 0 Å². The molecule has 0 atom stereocenters. The van der Waals surface area contributed by atoms with E-state index < -0.39 is 23.9 Å². The minimum absolute atomic E-state index is 0.775. The molecule has 0 amide bonds. The van der Waals surface area contributed by atoms with Crippen molar-refractivity contribution in [2.24, 2.45) is 11.5 Å². The lowest BCUT2D eigenvalue weighted by molar-refractivity contribution is -0.135. The van der Waals surface area contributed by atoms with Gasteiger partial charge in [-0.05, 0) is 25.9 Å². The fourth-order valence-electron chi connectivity index (χ4n) is 0.289. The number of nitrogens with two attached hydrogens (primary N) is 2. The van der Waals surface area contributed by atoms with Gasteiger partial charge in [0.2, 0.25) is 0 Å². The lowest BCUT2D eigenvalue weighted by Gasteiger charge is -1.87. The molecule has 0 aliphatic rings. The van der Waals surface area contributed by atoms with E-state index in [0.29, 0.717) is 0 Å². The van der Waals surface area contributed by atoms with E-state index in [2.05, 4.69) is 0 Å². The molecule has 0 aromatic rings. The van der Waals surface area contributed by atoms with Crippen molar-refractivity contribution in [2.45, 2.75) is 40.5 Å². The van der Waals surface area contributed by atoms with Gasteiger partial charge >= 0.3 is 0 Å². The number of hydrogen-bond acceptors (Lipinski definition) is 6. The minimum atomic E-state index is -0.833. The van der Waals surface area contributed by atoms with Gasteiger partial charge in [-0.1, -0.05) is 0 Å². The summed E-state index contributed by atoms with van der Waals surface area (Å²) >= 11 is 0. The number of rotatable bonds is 3. The summed E-state index contributed by atoms with van der Waals surface area (Å²) in [7, 11) is 0. The summed E-state index contributed by atoms with van der Waals surface area (Å²) in [5.41, 5.74) is 10.3. The molecule has 10 nitrogen and oxygen atoms in total. The largest absolute Gasteiger partial charge is 0.481 e. The zero-order chi connectivity index (χ0) is 19.1. The maximum Gasteiger partial charge on any atom is 0.300 e. The standard InChI is InChI=1S/C4H12N2.4C2H4O2/c5-3-1-2-4-6;4*1-2(3)4/h1-6H2;4*1H3,(H,3,4). The molecule has 0 unspecified atom stereocenters. The highest BCUT2D eigenvalue weighted by atomic mass is 16.4. The number of carboxylic acid groups (broad SMARTS) is 4. The highest BCUT2D eigenvalue weighted by Crippen LogP contribution is 1.77. The van der Waals surface area contributed by atoms with E-state index in [9.17, 15) is 0 Å². The maximum atomic E-state index is 9.00. The molecule has 0 rings (SSSR count). The second-order valence-corrected chi connectivity index (χ2v) is 3.36. The number of unbranched alkanes of at least 4 members (excludes halogenated alkanes) is 1. The molecule has 0 aliphatic heterocycles. The van der Waals surface area contributed by atoms with Crippen molar-refractivity contribution < 1.29 is 39.6 Å². The Morgan fingerprint density at radius 3 is 0.727 bits per heavy atom. The average molecular weight is 328 g/mol. The third-order valence-electron chi connectivity index (χ3n) is 0.658. The summed E-state index contributed by atoms with van der Waals surface area (Å²) in [6.45, 7) is 5.88. The molecule has 0 saturated carbocycles. The van der Waals surface area contributed by atoms with Gasteiger partial charge in [0, 0.05) is 27.7 Å². The molecular weight excluding hydrogens is 300 g/mol. The summed E-state index contributed by atoms with van der Waals surface area (Å²) in [5.74, 6) is -3.33. The van der Waals surface area contributed by atoms with E-state index in [4.69, 9.17) is 51.1 Å². The van der Waals surface area contributed by atoms with Gasteiger partial charge < -0.3 is 31.9 Å². The quantitative estimate of drug-likeness (QED) is 0.384. The maximum absolute atomic E-state index is 9.00. The predicted octanol–water partition coefficient (Wildman–Crippen LogP) is 0.0476. The van der Waals surface area contributed by atoms with E-state index in [1.54, 1.807) is 0 Å². The summed E-state index contributed by atoms with van der Waals surface area (Å²) in [6, 6.07) is 0. The van der Waals surface area contributed by atoms with E-state index in [-0.39, 0.29) is 0 Å². The Hall–Kier alpha value is -2.20. The zero-order valence-corrected chi connectivity index (χ0v) is 13.4. The summed E-state index contributed by atoms with van der Waals surface area (Å²) < 4.78 is 0. The second-order valence-electron chi connectivity index (χ2n) is 3.36. The average Bonchev–Trinajstić information content (AvgIpc) is 2.23. The molecule has 0 spiro atoms. The number of aliphatic carboxylic acids is 4. The van der Waals surface area contributed by atoms with Crippen LogP contribution in [0.15, 0.2) is 0 Å². The van der Waals surface area contributed by atoms with Crippen molar-refractivity contribution in [3.63, 3.8) is 0 Å². The van der Waals surface area contributed by atoms with Crippen LogP contribution in [0.3, 0.4) is 0 Å². The molecule has 0 bridgehead atoms. The van der Waals surface area contributed by atoms with Gasteiger partial charge in [0.1, 0.15) is 0 Å². The van der Waals surface area contributed by atoms with Crippen LogP contribution in [-0.2, 0) is 19.2 Å². The van der Waals surface area contributed by atoms with Crippen LogP contribution < -0.4 is 11.5 Å². The fraction of sp³-hybridized carbons (Fsp3) is 0.667. The Labute approximate surface area is 129 Å². The Balaban J connectivity index is -0.0000000555. The molecule has 0 heterocycles. The minimum Gasteiger partial charge on any atom is -0.481 e. The van der Waals surface area contributed by atoms with Gasteiger partial charge in [-0.15, -0.1) is 0 Å². The van der Waals surface area contributed by atoms with Crippen LogP contribution in [-0.4, -0.2) is 57.4 Å². The molecule has 0 fully saturated rings. The van der Waals surface area contributed by atoms with Gasteiger partial charge in [-0.3, -0.25) is 19.2 Å². The van der Waals surface area contributed by atoms with Gasteiger partial charge in [-0.2, -0.15) is 0 Å². The molecule has 0 aromatic carbocycles. The molecule has 0 aliphatic carbocycles. The van der Waals surface area contributed by atoms with Crippen LogP contribution in [0.25, 0.3) is 0 Å². The number of carbonyl (C=O) groups is 4. The first-order chi connectivity index (χ1) is 9.84. The Kier molecular flexibility index (Phi) is 45.4. The summed E-state index contributed by atoms with van der Waals surface area (Å²) in [4.78, 5) is 36.0. The first kappa shape index (κ1) is 31.9. The van der Waals surface area contributed by atoms with Crippen LogP contribution >= 0.6 is 0 Å². The van der Waals surface area contributed by atoms with Crippen molar-refractivity contribution in [2.75, 3.05) is 13.1 Å². The van der Waals surface area contributed by atoms with Crippen LogP contribution in [0, 0.1) is 0 Å². The molecule has 134 valence electrons. The molecule has 10 heteroatoms. The van der Waals surface area contributed by atoms with Crippen molar-refractivity contribution in [3.05, 3.63) is 0 Å². The van der Waals surface area contributed by atoms with Gasteiger partial charge in [-0.25, -0.2) is 0 Å². The third-order valence-corrected chi connectivity index (χ3v) is 0.658. The van der Waals surface area contributed by atoms with E-state index in [1.165, 1.54) is 0 Å². The molecule has 22 heavy (non-hydrogen) atoms. The number of hydrogen-bond donors (Lipinski definition) is 6. The van der Waals surface area contributed by atoms with Crippen LogP contribution in [0.1, 0.15) is 40.5 Å². The molecule has 0 radical (unpaired) electrons. The Bertz CT molecular complexity index is 214.